The molecule has 0 saturated heterocycles. The number of hydrogen-bond acceptors (Lipinski definition) is 5. The fourth-order valence-electron chi connectivity index (χ4n) is 2.23. The lowest BCUT2D eigenvalue weighted by atomic mass is 10.2. The van der Waals surface area contributed by atoms with Crippen LogP contribution in [0.1, 0.15) is 16.8 Å². The molecule has 3 amide bonds. The van der Waals surface area contributed by atoms with Gasteiger partial charge >= 0.3 is 12.0 Å². The Morgan fingerprint density at radius 2 is 1.97 bits per heavy atom. The SMILES string of the molecule is CNC(=O)NC(=O)COC(=O)/C=C/c1c(C)nn(Cc2ccc(Cl)cc2Cl)c1Cl. The monoisotopic (exact) mass is 458 g/mol. The minimum atomic E-state index is -0.777. The topological polar surface area (TPSA) is 102 Å². The lowest BCUT2D eigenvalue weighted by molar-refractivity contribution is -0.143. The Kier molecular flexibility index (Phi) is 8.07. The third-order valence-electron chi connectivity index (χ3n) is 3.66. The number of carbonyl (C=O) groups excluding carboxylic acids is 3. The van der Waals surface area contributed by atoms with Crippen LogP contribution >= 0.6 is 34.8 Å². The maximum atomic E-state index is 11.8. The number of amides is 3. The predicted octanol–water partition coefficient (Wildman–Crippen LogP) is 3.21. The van der Waals surface area contributed by atoms with Gasteiger partial charge in [-0.15, -0.1) is 0 Å². The van der Waals surface area contributed by atoms with Crippen LogP contribution in [0.2, 0.25) is 15.2 Å². The molecule has 1 heterocycles. The van der Waals surface area contributed by atoms with Crippen molar-refractivity contribution >= 4 is 58.8 Å². The normalized spacial score (nSPS) is 10.8. The number of carbonyl (C=O) groups is 3. The summed E-state index contributed by atoms with van der Waals surface area (Å²) in [6.07, 6.45) is 2.55. The van der Waals surface area contributed by atoms with E-state index >= 15 is 0 Å². The number of imide groups is 1. The number of urea groups is 1. The predicted molar refractivity (Wildman–Crippen MR) is 110 cm³/mol. The van der Waals surface area contributed by atoms with Crippen LogP contribution in [0.15, 0.2) is 24.3 Å². The molecule has 2 rings (SSSR count). The molecular weight excluding hydrogens is 443 g/mol. The highest BCUT2D eigenvalue weighted by atomic mass is 35.5. The van der Waals surface area contributed by atoms with Gasteiger partial charge < -0.3 is 10.1 Å². The number of aromatic nitrogens is 2. The third-order valence-corrected chi connectivity index (χ3v) is 4.64. The highest BCUT2D eigenvalue weighted by Gasteiger charge is 2.14. The Hall–Kier alpha value is -2.55. The molecule has 0 atom stereocenters. The maximum absolute atomic E-state index is 11.8. The van der Waals surface area contributed by atoms with Crippen LogP contribution in [0.25, 0.3) is 6.08 Å². The molecule has 0 aliphatic rings. The third kappa shape index (κ3) is 6.49. The van der Waals surface area contributed by atoms with Crippen molar-refractivity contribution in [2.24, 2.45) is 0 Å². The second kappa shape index (κ2) is 10.3. The van der Waals surface area contributed by atoms with Crippen molar-refractivity contribution in [2.45, 2.75) is 13.5 Å². The highest BCUT2D eigenvalue weighted by molar-refractivity contribution is 6.35. The van der Waals surface area contributed by atoms with Gasteiger partial charge in [0.2, 0.25) is 0 Å². The van der Waals surface area contributed by atoms with Crippen molar-refractivity contribution in [2.75, 3.05) is 13.7 Å². The number of nitrogens with zero attached hydrogens (tertiary/aromatic N) is 2. The van der Waals surface area contributed by atoms with Gasteiger partial charge in [0.15, 0.2) is 6.61 Å². The minimum Gasteiger partial charge on any atom is -0.452 e. The van der Waals surface area contributed by atoms with E-state index in [1.165, 1.54) is 17.8 Å². The molecule has 0 saturated carbocycles. The van der Waals surface area contributed by atoms with E-state index in [0.29, 0.717) is 33.0 Å². The summed E-state index contributed by atoms with van der Waals surface area (Å²) >= 11 is 18.4. The molecule has 2 N–H and O–H groups in total. The van der Waals surface area contributed by atoms with Crippen molar-refractivity contribution in [1.29, 1.82) is 0 Å². The standard InChI is InChI=1S/C18H17Cl3N4O4/c1-10-13(5-6-16(27)29-9-15(26)23-18(28)22-2)17(21)25(24-10)8-11-3-4-12(19)7-14(11)20/h3-7H,8-9H2,1-2H3,(H2,22,23,26,28)/b6-5+. The number of aryl methyl sites for hydroxylation is 1. The van der Waals surface area contributed by atoms with Crippen LogP contribution in [0.3, 0.4) is 0 Å². The molecule has 0 aliphatic carbocycles. The fraction of sp³-hybridized carbons (Fsp3) is 0.222. The first-order valence-corrected chi connectivity index (χ1v) is 9.38. The summed E-state index contributed by atoms with van der Waals surface area (Å²) in [6, 6.07) is 4.41. The number of esters is 1. The molecule has 29 heavy (non-hydrogen) atoms. The molecule has 154 valence electrons. The van der Waals surface area contributed by atoms with E-state index in [4.69, 9.17) is 39.5 Å². The maximum Gasteiger partial charge on any atom is 0.331 e. The van der Waals surface area contributed by atoms with Gasteiger partial charge in [-0.1, -0.05) is 40.9 Å². The van der Waals surface area contributed by atoms with Crippen molar-refractivity contribution in [1.82, 2.24) is 20.4 Å². The van der Waals surface area contributed by atoms with Gasteiger partial charge in [-0.05, 0) is 30.7 Å². The van der Waals surface area contributed by atoms with E-state index < -0.39 is 24.5 Å². The van der Waals surface area contributed by atoms with Crippen molar-refractivity contribution in [3.05, 3.63) is 56.3 Å². The minimum absolute atomic E-state index is 0.301. The van der Waals surface area contributed by atoms with Gasteiger partial charge in [-0.3, -0.25) is 10.1 Å². The summed E-state index contributed by atoms with van der Waals surface area (Å²) in [7, 11) is 1.35. The molecule has 0 radical (unpaired) electrons. The summed E-state index contributed by atoms with van der Waals surface area (Å²) in [5, 5.41) is 9.82. The summed E-state index contributed by atoms with van der Waals surface area (Å²) in [5.74, 6) is -1.53. The number of hydrogen-bond donors (Lipinski definition) is 2. The molecule has 11 heteroatoms. The quantitative estimate of drug-likeness (QED) is 0.510. The zero-order valence-corrected chi connectivity index (χ0v) is 17.7. The van der Waals surface area contributed by atoms with Crippen LogP contribution in [0.5, 0.6) is 0 Å². The van der Waals surface area contributed by atoms with Crippen molar-refractivity contribution in [3.63, 3.8) is 0 Å². The zero-order valence-electron chi connectivity index (χ0n) is 15.5. The zero-order chi connectivity index (χ0) is 21.6. The van der Waals surface area contributed by atoms with Gasteiger partial charge in [-0.2, -0.15) is 5.10 Å². The Labute approximate surface area is 181 Å². The first-order valence-electron chi connectivity index (χ1n) is 8.24. The van der Waals surface area contributed by atoms with Gasteiger partial charge in [0.1, 0.15) is 5.15 Å². The molecule has 8 nitrogen and oxygen atoms in total. The lowest BCUT2D eigenvalue weighted by Crippen LogP contribution is -2.39. The lowest BCUT2D eigenvalue weighted by Gasteiger charge is -2.06. The number of halogens is 3. The first-order chi connectivity index (χ1) is 13.7. The van der Waals surface area contributed by atoms with Crippen LogP contribution in [0.4, 0.5) is 4.79 Å². The Morgan fingerprint density at radius 3 is 2.62 bits per heavy atom. The van der Waals surface area contributed by atoms with E-state index in [9.17, 15) is 14.4 Å². The molecule has 0 bridgehead atoms. The van der Waals surface area contributed by atoms with Crippen molar-refractivity contribution < 1.29 is 19.1 Å². The molecule has 0 spiro atoms. The van der Waals surface area contributed by atoms with Gasteiger partial charge in [0.25, 0.3) is 5.91 Å². The largest absolute Gasteiger partial charge is 0.452 e. The number of ether oxygens (including phenoxy) is 1. The molecule has 0 aliphatic heterocycles. The Morgan fingerprint density at radius 1 is 1.24 bits per heavy atom. The first kappa shape index (κ1) is 22.7. The average Bonchev–Trinajstić information content (AvgIpc) is 2.93. The van der Waals surface area contributed by atoms with Gasteiger partial charge in [0.05, 0.1) is 12.2 Å². The molecule has 0 unspecified atom stereocenters. The summed E-state index contributed by atoms with van der Waals surface area (Å²) in [6.45, 7) is 1.44. The smallest absolute Gasteiger partial charge is 0.331 e. The molecule has 2 aromatic rings. The van der Waals surface area contributed by atoms with E-state index in [1.54, 1.807) is 25.1 Å². The van der Waals surface area contributed by atoms with Crippen LogP contribution < -0.4 is 10.6 Å². The molecule has 1 aromatic heterocycles. The Balaban J connectivity index is 2.03. The van der Waals surface area contributed by atoms with E-state index in [1.807, 2.05) is 5.32 Å². The number of benzene rings is 1. The summed E-state index contributed by atoms with van der Waals surface area (Å²) < 4.78 is 6.30. The van der Waals surface area contributed by atoms with Crippen molar-refractivity contribution in [3.8, 4) is 0 Å². The number of nitrogens with one attached hydrogen (secondary N) is 2. The highest BCUT2D eigenvalue weighted by Crippen LogP contribution is 2.26. The van der Waals surface area contributed by atoms with E-state index in [-0.39, 0.29) is 0 Å². The van der Waals surface area contributed by atoms with E-state index in [0.717, 1.165) is 11.6 Å². The molecule has 0 fully saturated rings. The number of rotatable bonds is 6. The van der Waals surface area contributed by atoms with E-state index in [2.05, 4.69) is 10.4 Å². The van der Waals surface area contributed by atoms with Crippen LogP contribution in [0, 0.1) is 6.92 Å². The Bertz CT molecular complexity index is 972. The summed E-state index contributed by atoms with van der Waals surface area (Å²) in [4.78, 5) is 34.2. The van der Waals surface area contributed by atoms with Gasteiger partial charge in [0, 0.05) is 28.7 Å². The van der Waals surface area contributed by atoms with Gasteiger partial charge in [-0.25, -0.2) is 14.3 Å². The fourth-order valence-corrected chi connectivity index (χ4v) is 3.00. The van der Waals surface area contributed by atoms with Crippen LogP contribution in [-0.2, 0) is 20.9 Å². The average molecular weight is 460 g/mol. The second-order valence-corrected chi connectivity index (χ2v) is 6.95. The van der Waals surface area contributed by atoms with Crippen LogP contribution in [-0.4, -0.2) is 41.3 Å². The molecular formula is C18H17Cl3N4O4. The second-order valence-electron chi connectivity index (χ2n) is 5.75. The molecule has 1 aromatic carbocycles. The summed E-state index contributed by atoms with van der Waals surface area (Å²) in [5.41, 5.74) is 1.88.